The average molecular weight is 295 g/mol. The molecule has 1 fully saturated rings. The molecule has 1 saturated carbocycles. The lowest BCUT2D eigenvalue weighted by molar-refractivity contribution is -0.148. The summed E-state index contributed by atoms with van der Waals surface area (Å²) in [5.74, 6) is -3.67. The number of nitrogens with one attached hydrogen (secondary N) is 1. The van der Waals surface area contributed by atoms with Crippen molar-refractivity contribution in [1.29, 1.82) is 0 Å². The number of aromatic hydroxyl groups is 1. The fourth-order valence-electron chi connectivity index (χ4n) is 2.91. The maximum Gasteiger partial charge on any atom is 0.329 e. The molecule has 5 nitrogen and oxygen atoms in total. The minimum atomic E-state index is -1.41. The van der Waals surface area contributed by atoms with Crippen molar-refractivity contribution in [2.45, 2.75) is 38.1 Å². The Kier molecular flexibility index (Phi) is 4.16. The van der Waals surface area contributed by atoms with E-state index in [4.69, 9.17) is 0 Å². The maximum absolute atomic E-state index is 13.7. The van der Waals surface area contributed by atoms with Crippen molar-refractivity contribution >= 4 is 11.9 Å². The van der Waals surface area contributed by atoms with E-state index in [-0.39, 0.29) is 5.92 Å². The van der Waals surface area contributed by atoms with Gasteiger partial charge in [0.2, 0.25) is 0 Å². The zero-order valence-electron chi connectivity index (χ0n) is 11.7. The van der Waals surface area contributed by atoms with Gasteiger partial charge in [0.15, 0.2) is 0 Å². The number of hydrogen-bond acceptors (Lipinski definition) is 3. The van der Waals surface area contributed by atoms with Gasteiger partial charge in [-0.1, -0.05) is 25.8 Å². The number of amides is 1. The van der Waals surface area contributed by atoms with Crippen LogP contribution in [0.1, 0.15) is 43.0 Å². The van der Waals surface area contributed by atoms with E-state index in [1.807, 2.05) is 0 Å². The molecule has 1 aromatic rings. The first kappa shape index (κ1) is 15.3. The number of carbonyl (C=O) groups is 2. The van der Waals surface area contributed by atoms with E-state index in [1.165, 1.54) is 12.1 Å². The third kappa shape index (κ3) is 2.70. The number of carbonyl (C=O) groups excluding carboxylic acids is 1. The zero-order chi connectivity index (χ0) is 15.6. The largest absolute Gasteiger partial charge is 0.507 e. The highest BCUT2D eigenvalue weighted by atomic mass is 19.1. The number of phenols is 1. The van der Waals surface area contributed by atoms with Gasteiger partial charge in [-0.05, 0) is 30.9 Å². The molecular formula is C15H18FNO4. The lowest BCUT2D eigenvalue weighted by Gasteiger charge is -2.39. The highest BCUT2D eigenvalue weighted by Gasteiger charge is 2.46. The molecule has 0 bridgehead atoms. The first-order valence-corrected chi connectivity index (χ1v) is 6.92. The van der Waals surface area contributed by atoms with E-state index in [2.05, 4.69) is 5.32 Å². The lowest BCUT2D eigenvalue weighted by atomic mass is 9.73. The van der Waals surface area contributed by atoms with Crippen molar-refractivity contribution in [2.75, 3.05) is 0 Å². The number of aliphatic carboxylic acids is 1. The Balaban J connectivity index is 2.33. The van der Waals surface area contributed by atoms with Crippen molar-refractivity contribution in [2.24, 2.45) is 5.92 Å². The van der Waals surface area contributed by atoms with Crippen LogP contribution < -0.4 is 5.32 Å². The second-order valence-corrected chi connectivity index (χ2v) is 5.51. The SMILES string of the molecule is CC1CCCCC1(NC(=O)c1c(O)cccc1F)C(=O)O. The molecule has 1 amide bonds. The van der Waals surface area contributed by atoms with Gasteiger partial charge >= 0.3 is 5.97 Å². The van der Waals surface area contributed by atoms with Crippen LogP contribution >= 0.6 is 0 Å². The van der Waals surface area contributed by atoms with Crippen LogP contribution in [-0.2, 0) is 4.79 Å². The van der Waals surface area contributed by atoms with Crippen LogP contribution in [0.3, 0.4) is 0 Å². The van der Waals surface area contributed by atoms with Crippen molar-refractivity contribution in [3.05, 3.63) is 29.6 Å². The summed E-state index contributed by atoms with van der Waals surface area (Å²) in [6.45, 7) is 1.76. The van der Waals surface area contributed by atoms with Gasteiger partial charge in [-0.15, -0.1) is 0 Å². The summed E-state index contributed by atoms with van der Waals surface area (Å²) in [5, 5.41) is 21.6. The third-order valence-electron chi connectivity index (χ3n) is 4.24. The molecule has 6 heteroatoms. The van der Waals surface area contributed by atoms with Gasteiger partial charge in [0, 0.05) is 0 Å². The van der Waals surface area contributed by atoms with Gasteiger partial charge in [-0.3, -0.25) is 4.79 Å². The fraction of sp³-hybridized carbons (Fsp3) is 0.467. The van der Waals surface area contributed by atoms with Crippen LogP contribution in [0.15, 0.2) is 18.2 Å². The third-order valence-corrected chi connectivity index (χ3v) is 4.24. The van der Waals surface area contributed by atoms with E-state index in [0.717, 1.165) is 12.5 Å². The van der Waals surface area contributed by atoms with Gasteiger partial charge in [-0.25, -0.2) is 9.18 Å². The number of phenolic OH excluding ortho intramolecular Hbond substituents is 1. The molecular weight excluding hydrogens is 277 g/mol. The summed E-state index contributed by atoms with van der Waals surface area (Å²) in [7, 11) is 0. The summed E-state index contributed by atoms with van der Waals surface area (Å²) < 4.78 is 13.7. The van der Waals surface area contributed by atoms with Gasteiger partial charge in [0.25, 0.3) is 5.91 Å². The molecule has 1 aliphatic rings. The Labute approximate surface area is 121 Å². The molecule has 0 heterocycles. The molecule has 114 valence electrons. The smallest absolute Gasteiger partial charge is 0.329 e. The Morgan fingerprint density at radius 1 is 1.38 bits per heavy atom. The number of rotatable bonds is 3. The van der Waals surface area contributed by atoms with Crippen molar-refractivity contribution in [1.82, 2.24) is 5.32 Å². The molecule has 2 rings (SSSR count). The van der Waals surface area contributed by atoms with Crippen LogP contribution in [0.2, 0.25) is 0 Å². The molecule has 2 atom stereocenters. The van der Waals surface area contributed by atoms with E-state index in [0.29, 0.717) is 19.3 Å². The number of benzene rings is 1. The van der Waals surface area contributed by atoms with Crippen LogP contribution in [0.25, 0.3) is 0 Å². The second-order valence-electron chi connectivity index (χ2n) is 5.51. The van der Waals surface area contributed by atoms with Gasteiger partial charge in [0.1, 0.15) is 22.7 Å². The molecule has 0 saturated heterocycles. The molecule has 0 aliphatic heterocycles. The summed E-state index contributed by atoms with van der Waals surface area (Å²) in [5.41, 5.74) is -1.93. The van der Waals surface area contributed by atoms with E-state index >= 15 is 0 Å². The van der Waals surface area contributed by atoms with Crippen molar-refractivity contribution in [3.63, 3.8) is 0 Å². The van der Waals surface area contributed by atoms with Gasteiger partial charge in [-0.2, -0.15) is 0 Å². The maximum atomic E-state index is 13.7. The summed E-state index contributed by atoms with van der Waals surface area (Å²) in [6.07, 6.45) is 2.55. The number of carboxylic acids is 1. The van der Waals surface area contributed by atoms with Crippen molar-refractivity contribution < 1.29 is 24.2 Å². The van der Waals surface area contributed by atoms with Crippen LogP contribution in [-0.4, -0.2) is 27.6 Å². The fourth-order valence-corrected chi connectivity index (χ4v) is 2.91. The van der Waals surface area contributed by atoms with Crippen LogP contribution in [0.5, 0.6) is 5.75 Å². The minimum absolute atomic E-state index is 0.262. The second kappa shape index (κ2) is 5.71. The normalized spacial score (nSPS) is 25.3. The molecule has 1 aromatic carbocycles. The molecule has 0 spiro atoms. The number of hydrogen-bond donors (Lipinski definition) is 3. The molecule has 1 aliphatic carbocycles. The first-order valence-electron chi connectivity index (χ1n) is 6.92. The molecule has 0 radical (unpaired) electrons. The summed E-state index contributed by atoms with van der Waals surface area (Å²) in [4.78, 5) is 23.9. The predicted octanol–water partition coefficient (Wildman–Crippen LogP) is 2.29. The zero-order valence-corrected chi connectivity index (χ0v) is 11.7. The standard InChI is InChI=1S/C15H18FNO4/c1-9-5-2-3-8-15(9,14(20)21)17-13(19)12-10(16)6-4-7-11(12)18/h4,6-7,9,18H,2-3,5,8H2,1H3,(H,17,19)(H,20,21). The molecule has 2 unspecified atom stereocenters. The highest BCUT2D eigenvalue weighted by molar-refractivity contribution is 6.00. The molecule has 0 aromatic heterocycles. The minimum Gasteiger partial charge on any atom is -0.507 e. The number of carboxylic acid groups (broad SMARTS) is 1. The monoisotopic (exact) mass is 295 g/mol. The van der Waals surface area contributed by atoms with Crippen molar-refractivity contribution in [3.8, 4) is 5.75 Å². The summed E-state index contributed by atoms with van der Waals surface area (Å²) >= 11 is 0. The lowest BCUT2D eigenvalue weighted by Crippen LogP contribution is -2.60. The Morgan fingerprint density at radius 3 is 2.67 bits per heavy atom. The van der Waals surface area contributed by atoms with E-state index in [9.17, 15) is 24.2 Å². The number of halogens is 1. The van der Waals surface area contributed by atoms with Crippen LogP contribution in [0.4, 0.5) is 4.39 Å². The molecule has 3 N–H and O–H groups in total. The average Bonchev–Trinajstić information content (AvgIpc) is 2.41. The van der Waals surface area contributed by atoms with Crippen LogP contribution in [0, 0.1) is 11.7 Å². The van der Waals surface area contributed by atoms with Gasteiger partial charge < -0.3 is 15.5 Å². The first-order chi connectivity index (χ1) is 9.88. The van der Waals surface area contributed by atoms with E-state index in [1.54, 1.807) is 6.92 Å². The topological polar surface area (TPSA) is 86.6 Å². The quantitative estimate of drug-likeness (QED) is 0.798. The summed E-state index contributed by atoms with van der Waals surface area (Å²) in [6, 6.07) is 3.51. The molecule has 21 heavy (non-hydrogen) atoms. The predicted molar refractivity (Wildman–Crippen MR) is 73.5 cm³/mol. The van der Waals surface area contributed by atoms with Gasteiger partial charge in [0.05, 0.1) is 0 Å². The van der Waals surface area contributed by atoms with E-state index < -0.39 is 34.5 Å². The Hall–Kier alpha value is -2.11. The Bertz CT molecular complexity index is 555. The Morgan fingerprint density at radius 2 is 2.10 bits per heavy atom. The highest BCUT2D eigenvalue weighted by Crippen LogP contribution is 2.34.